The van der Waals surface area contributed by atoms with Gasteiger partial charge in [0.05, 0.1) is 25.2 Å². The van der Waals surface area contributed by atoms with Crippen molar-refractivity contribution in [2.75, 3.05) is 14.2 Å². The topological polar surface area (TPSA) is 116 Å². The largest absolute Gasteiger partial charge is 0.466 e. The van der Waals surface area contributed by atoms with Gasteiger partial charge in [0.25, 0.3) is 0 Å². The van der Waals surface area contributed by atoms with Crippen LogP contribution in [0.15, 0.2) is 56.7 Å². The molecule has 1 N–H and O–H groups in total. The van der Waals surface area contributed by atoms with Gasteiger partial charge in [-0.3, -0.25) is 4.99 Å². The number of aromatic nitrogens is 2. The molecule has 0 saturated heterocycles. The summed E-state index contributed by atoms with van der Waals surface area (Å²) in [6.45, 7) is 0. The predicted octanol–water partition coefficient (Wildman–Crippen LogP) is 3.92. The number of esters is 2. The van der Waals surface area contributed by atoms with Crippen molar-refractivity contribution in [1.29, 1.82) is 0 Å². The summed E-state index contributed by atoms with van der Waals surface area (Å²) in [5, 5.41) is 6.27. The second kappa shape index (κ2) is 7.19. The lowest BCUT2D eigenvalue weighted by Crippen LogP contribution is -3.11. The molecule has 9 nitrogen and oxygen atoms in total. The number of carbonyl (C=O) groups excluding carboxylic acids is 2. The van der Waals surface area contributed by atoms with Gasteiger partial charge in [0.15, 0.2) is 16.5 Å². The molecule has 0 unspecified atom stereocenters. The fourth-order valence-corrected chi connectivity index (χ4v) is 10.6. The molecule has 0 bridgehead atoms. The lowest BCUT2D eigenvalue weighted by atomic mass is 8.92. The van der Waals surface area contributed by atoms with E-state index in [9.17, 15) is 14.0 Å². The summed E-state index contributed by atoms with van der Waals surface area (Å²) in [6.07, 6.45) is 3.09. The summed E-state index contributed by atoms with van der Waals surface area (Å²) in [5.41, 5.74) is 1.62. The van der Waals surface area contributed by atoms with E-state index in [2.05, 4.69) is 15.3 Å². The number of carbonyl (C=O) groups is 2. The molecule has 0 radical (unpaired) electrons. The van der Waals surface area contributed by atoms with E-state index >= 15 is 0 Å². The first-order valence-corrected chi connectivity index (χ1v) is 14.2. The summed E-state index contributed by atoms with van der Waals surface area (Å²) in [5.74, 6) is 1.89. The summed E-state index contributed by atoms with van der Waals surface area (Å²) < 4.78 is 29.9. The number of aliphatic imine (C=N–C) groups is 1. The highest BCUT2D eigenvalue weighted by atomic mass is 35.5. The normalized spacial score (nSPS) is 38.4. The van der Waals surface area contributed by atoms with Gasteiger partial charge in [-0.25, -0.2) is 23.9 Å². The van der Waals surface area contributed by atoms with E-state index < -0.39 is 23.8 Å². The van der Waals surface area contributed by atoms with Crippen LogP contribution in [0, 0.1) is 46.7 Å². The Bertz CT molecular complexity index is 1690. The van der Waals surface area contributed by atoms with Crippen LogP contribution in [-0.4, -0.2) is 42.0 Å². The number of nitrogens with zero attached hydrogens (tertiary/aromatic N) is 3. The average Bonchev–Trinajstić information content (AvgIpc) is 3.69. The quantitative estimate of drug-likeness (QED) is 0.438. The number of oxazole rings is 1. The predicted molar refractivity (Wildman–Crippen MR) is 138 cm³/mol. The molecule has 0 spiro atoms. The van der Waals surface area contributed by atoms with E-state index in [1.54, 1.807) is 12.3 Å². The number of methoxy groups -OCH3 is 2. The van der Waals surface area contributed by atoms with Crippen LogP contribution in [0.25, 0.3) is 0 Å². The maximum Gasteiger partial charge on any atom is 0.360 e. The number of allylic oxidation sites excluding steroid dienone is 1. The first-order valence-electron chi connectivity index (χ1n) is 13.0. The molecule has 1 aromatic carbocycles. The van der Waals surface area contributed by atoms with Gasteiger partial charge in [-0.1, -0.05) is 17.7 Å². The maximum absolute atomic E-state index is 14.0. The minimum absolute atomic E-state index is 0.124. The van der Waals surface area contributed by atoms with Crippen LogP contribution in [0.4, 0.5) is 4.39 Å². The number of rotatable bonds is 6. The van der Waals surface area contributed by atoms with Crippen molar-refractivity contribution in [2.45, 2.75) is 11.5 Å². The number of halogens is 2. The first-order chi connectivity index (χ1) is 19.4. The maximum atomic E-state index is 14.0. The minimum atomic E-state index is -0.778. The zero-order valence-electron chi connectivity index (χ0n) is 21.1. The van der Waals surface area contributed by atoms with Crippen LogP contribution in [0.5, 0.6) is 0 Å². The Labute approximate surface area is 235 Å². The lowest BCUT2D eigenvalue weighted by molar-refractivity contribution is -0.621. The SMILES string of the molecule is COC(=O)C1=C(C23C4C5C2C2C3C4C52c2nc(C(=O)OC)co2)NC(c2nccs2)=N[C@@H]1c1ccc(F)cc1Cl. The van der Waals surface area contributed by atoms with Crippen molar-refractivity contribution >= 4 is 40.7 Å². The van der Waals surface area contributed by atoms with Gasteiger partial charge in [0.1, 0.15) is 18.1 Å². The first kappa shape index (κ1) is 23.2. The Balaban J connectivity index is 1.14. The molecule has 3 heterocycles. The van der Waals surface area contributed by atoms with Gasteiger partial charge in [0.2, 0.25) is 5.89 Å². The number of thiazole rings is 1. The van der Waals surface area contributed by atoms with Gasteiger partial charge >= 0.3 is 11.9 Å². The highest BCUT2D eigenvalue weighted by Gasteiger charge is 3.11. The van der Waals surface area contributed by atoms with Crippen LogP contribution < -0.4 is 5.32 Å². The van der Waals surface area contributed by atoms with Crippen LogP contribution in [-0.2, 0) is 19.7 Å². The van der Waals surface area contributed by atoms with Gasteiger partial charge in [-0.05, 0) is 47.6 Å². The zero-order chi connectivity index (χ0) is 27.3. The Kier molecular flexibility index (Phi) is 4.16. The third-order valence-corrected chi connectivity index (χ3v) is 11.8. The second-order valence-corrected chi connectivity index (χ2v) is 12.6. The zero-order valence-corrected chi connectivity index (χ0v) is 22.6. The van der Waals surface area contributed by atoms with Crippen LogP contribution in [0.2, 0.25) is 5.02 Å². The molecule has 1 aliphatic heterocycles. The summed E-state index contributed by atoms with van der Waals surface area (Å²) in [4.78, 5) is 39.3. The molecular weight excluding hydrogens is 559 g/mol. The molecule has 2 aromatic heterocycles. The summed E-state index contributed by atoms with van der Waals surface area (Å²) in [7, 11) is 2.68. The van der Waals surface area contributed by atoms with Crippen molar-refractivity contribution < 1.29 is 27.9 Å². The number of hydrogen-bond acceptors (Lipinski definition) is 10. The number of benzene rings is 1. The van der Waals surface area contributed by atoms with E-state index in [1.807, 2.05) is 5.38 Å². The summed E-state index contributed by atoms with van der Waals surface area (Å²) >= 11 is 7.97. The van der Waals surface area contributed by atoms with E-state index in [-0.39, 0.29) is 21.5 Å². The van der Waals surface area contributed by atoms with Gasteiger partial charge in [0, 0.05) is 33.3 Å². The molecule has 12 heteroatoms. The molecule has 1 atom stereocenters. The van der Waals surface area contributed by atoms with E-state index in [4.69, 9.17) is 30.5 Å². The third-order valence-electron chi connectivity index (χ3n) is 10.7. The van der Waals surface area contributed by atoms with E-state index in [0.717, 1.165) is 5.70 Å². The van der Waals surface area contributed by atoms with Crippen LogP contribution in [0.1, 0.15) is 33.0 Å². The molecule has 3 aromatic rings. The van der Waals surface area contributed by atoms with Crippen molar-refractivity contribution in [3.63, 3.8) is 0 Å². The Hall–Kier alpha value is -3.57. The minimum Gasteiger partial charge on any atom is -0.466 e. The molecule has 6 saturated carbocycles. The van der Waals surface area contributed by atoms with Gasteiger partial charge < -0.3 is 19.2 Å². The molecule has 10 rings (SSSR count). The highest BCUT2D eigenvalue weighted by Crippen LogP contribution is 3.10. The fourth-order valence-electron chi connectivity index (χ4n) is 9.74. The number of hydrogen-bond donors (Lipinski definition) is 1. The Morgan fingerprint density at radius 3 is 2.40 bits per heavy atom. The molecule has 0 amide bonds. The van der Waals surface area contributed by atoms with Crippen LogP contribution in [0.3, 0.4) is 0 Å². The molecule has 6 aliphatic carbocycles. The van der Waals surface area contributed by atoms with Crippen molar-refractivity contribution in [2.24, 2.45) is 45.9 Å². The molecule has 6 fully saturated rings. The van der Waals surface area contributed by atoms with Gasteiger partial charge in [-0.2, -0.15) is 0 Å². The van der Waals surface area contributed by atoms with E-state index in [1.165, 1.54) is 44.0 Å². The number of ether oxygens (including phenoxy) is 2. The Morgan fingerprint density at radius 2 is 1.77 bits per heavy atom. The molecule has 7 aliphatic rings. The van der Waals surface area contributed by atoms with E-state index in [0.29, 0.717) is 63.4 Å². The highest BCUT2D eigenvalue weighted by molar-refractivity contribution is 7.11. The summed E-state index contributed by atoms with van der Waals surface area (Å²) in [6, 6.07) is 3.36. The van der Waals surface area contributed by atoms with Crippen molar-refractivity contribution in [3.05, 3.63) is 80.3 Å². The van der Waals surface area contributed by atoms with Crippen molar-refractivity contribution in [1.82, 2.24) is 15.3 Å². The molecule has 40 heavy (non-hydrogen) atoms. The van der Waals surface area contributed by atoms with Crippen molar-refractivity contribution in [3.8, 4) is 0 Å². The lowest BCUT2D eigenvalue weighted by Gasteiger charge is -3.10. The third kappa shape index (κ3) is 2.16. The number of nitrogens with one attached hydrogen (secondary N) is 1. The smallest absolute Gasteiger partial charge is 0.360 e. The standard InChI is InChI=1S/C28H20ClFN4O5S/c1-37-24(35)12-8-39-26(32-12)28-17-14-18(28)16-19(28)15(17)27(14,16)21-13(25(36)38-2)20(10-4-3-9(30)7-11(10)29)33-22(34-21)23-31-5-6-40-23/h3-8,14-20H,1-2H3,(H,33,34)/t14?,15?,16?,17?,18?,19?,20-,27?,28?/m1/s1. The monoisotopic (exact) mass is 578 g/mol. The van der Waals surface area contributed by atoms with Gasteiger partial charge in [-0.15, -0.1) is 11.3 Å². The second-order valence-electron chi connectivity index (χ2n) is 11.3. The molecule has 202 valence electrons. The molecular formula is C28H20ClFN4O5S. The average molecular weight is 579 g/mol. The number of amidine groups is 1. The Morgan fingerprint density at radius 1 is 1.07 bits per heavy atom. The van der Waals surface area contributed by atoms with Crippen LogP contribution >= 0.6 is 22.9 Å². The fraction of sp³-hybridized carbons (Fsp3) is 0.393.